The normalized spacial score (nSPS) is 22.6. The van der Waals surface area contributed by atoms with E-state index in [1.807, 2.05) is 6.92 Å². The zero-order valence-electron chi connectivity index (χ0n) is 15.8. The second-order valence-electron chi connectivity index (χ2n) is 6.16. The Hall–Kier alpha value is -1.73. The smallest absolute Gasteiger partial charge is 0.330 e. The number of halogens is 1. The fourth-order valence-electron chi connectivity index (χ4n) is 2.92. The predicted molar refractivity (Wildman–Crippen MR) is 105 cm³/mol. The number of rotatable bonds is 8. The third-order valence-electron chi connectivity index (χ3n) is 4.11. The fourth-order valence-corrected chi connectivity index (χ4v) is 3.65. The Morgan fingerprint density at radius 1 is 1.36 bits per heavy atom. The molecule has 11 heteroatoms. The van der Waals surface area contributed by atoms with Crippen molar-refractivity contribution in [2.75, 3.05) is 17.6 Å². The molecular weight excluding hydrogens is 487 g/mol. The Kier molecular flexibility index (Phi) is 8.19. The third kappa shape index (κ3) is 5.64. The topological polar surface area (TPSA) is 126 Å². The monoisotopic (exact) mass is 510 g/mol. The van der Waals surface area contributed by atoms with Crippen molar-refractivity contribution in [2.24, 2.45) is 0 Å². The van der Waals surface area contributed by atoms with E-state index < -0.39 is 47.7 Å². The summed E-state index contributed by atoms with van der Waals surface area (Å²) < 4.78 is 23.3. The highest BCUT2D eigenvalue weighted by Crippen LogP contribution is 2.30. The van der Waals surface area contributed by atoms with Gasteiger partial charge in [0.2, 0.25) is 0 Å². The lowest BCUT2D eigenvalue weighted by atomic mass is 10.1. The summed E-state index contributed by atoms with van der Waals surface area (Å²) >= 11 is 2.10. The van der Waals surface area contributed by atoms with Crippen LogP contribution in [-0.2, 0) is 28.5 Å². The summed E-state index contributed by atoms with van der Waals surface area (Å²) in [6.45, 7) is 4.61. The zero-order valence-corrected chi connectivity index (χ0v) is 18.0. The molecule has 0 bridgehead atoms. The molecular formula is C17H23IN2O8. The van der Waals surface area contributed by atoms with Gasteiger partial charge in [-0.1, -0.05) is 22.6 Å². The van der Waals surface area contributed by atoms with E-state index in [2.05, 4.69) is 27.6 Å². The second-order valence-corrected chi connectivity index (χ2v) is 7.05. The number of H-pyrrole nitrogens is 1. The largest absolute Gasteiger partial charge is 0.463 e. The summed E-state index contributed by atoms with van der Waals surface area (Å²) in [4.78, 5) is 49.3. The van der Waals surface area contributed by atoms with Crippen LogP contribution >= 0.6 is 22.6 Å². The van der Waals surface area contributed by atoms with E-state index in [0.29, 0.717) is 16.6 Å². The summed E-state index contributed by atoms with van der Waals surface area (Å²) in [6.07, 6.45) is -1.14. The SMILES string of the molecule is CCOC(CI)c1cn([C@H]2C[C@H](OC(C)=O)[C@@H](COC(C)=O)O2)c(=O)[nH]c1=O. The Balaban J connectivity index is 2.32. The highest BCUT2D eigenvalue weighted by atomic mass is 127. The molecule has 0 spiro atoms. The molecule has 1 N–H and O–H groups in total. The summed E-state index contributed by atoms with van der Waals surface area (Å²) in [5.74, 6) is -1.02. The number of esters is 2. The van der Waals surface area contributed by atoms with Crippen LogP contribution in [0.25, 0.3) is 0 Å². The van der Waals surface area contributed by atoms with Crippen molar-refractivity contribution in [3.05, 3.63) is 32.6 Å². The summed E-state index contributed by atoms with van der Waals surface area (Å²) in [7, 11) is 0. The van der Waals surface area contributed by atoms with Gasteiger partial charge in [-0.25, -0.2) is 4.79 Å². The highest BCUT2D eigenvalue weighted by Gasteiger charge is 2.40. The van der Waals surface area contributed by atoms with Crippen LogP contribution in [0.5, 0.6) is 0 Å². The van der Waals surface area contributed by atoms with E-state index in [1.165, 1.54) is 24.6 Å². The van der Waals surface area contributed by atoms with E-state index in [0.717, 1.165) is 0 Å². The minimum absolute atomic E-state index is 0.121. The summed E-state index contributed by atoms with van der Waals surface area (Å²) in [5, 5.41) is 0. The first kappa shape index (κ1) is 22.6. The molecule has 1 saturated heterocycles. The van der Waals surface area contributed by atoms with Crippen LogP contribution in [0.2, 0.25) is 0 Å². The molecule has 1 aromatic rings. The van der Waals surface area contributed by atoms with Crippen molar-refractivity contribution in [3.8, 4) is 0 Å². The fraction of sp³-hybridized carbons (Fsp3) is 0.647. The van der Waals surface area contributed by atoms with Crippen LogP contribution in [0, 0.1) is 0 Å². The minimum atomic E-state index is -0.801. The van der Waals surface area contributed by atoms with Crippen molar-refractivity contribution in [1.82, 2.24) is 9.55 Å². The van der Waals surface area contributed by atoms with E-state index in [1.54, 1.807) is 0 Å². The van der Waals surface area contributed by atoms with Gasteiger partial charge in [-0.15, -0.1) is 0 Å². The Morgan fingerprint density at radius 2 is 2.07 bits per heavy atom. The molecule has 0 aromatic carbocycles. The van der Waals surface area contributed by atoms with Gasteiger partial charge in [0.15, 0.2) is 0 Å². The van der Waals surface area contributed by atoms with Crippen LogP contribution in [0.1, 0.15) is 45.1 Å². The maximum Gasteiger partial charge on any atom is 0.330 e. The van der Waals surface area contributed by atoms with Gasteiger partial charge >= 0.3 is 17.6 Å². The summed E-state index contributed by atoms with van der Waals surface area (Å²) in [5.41, 5.74) is -0.883. The lowest BCUT2D eigenvalue weighted by Gasteiger charge is -2.19. The molecule has 0 aliphatic carbocycles. The number of hydrogen-bond acceptors (Lipinski definition) is 8. The molecule has 0 saturated carbocycles. The first-order chi connectivity index (χ1) is 13.3. The molecule has 1 fully saturated rings. The van der Waals surface area contributed by atoms with Crippen LogP contribution in [0.15, 0.2) is 15.8 Å². The lowest BCUT2D eigenvalue weighted by Crippen LogP contribution is -2.35. The Morgan fingerprint density at radius 3 is 2.64 bits per heavy atom. The van der Waals surface area contributed by atoms with Crippen molar-refractivity contribution in [3.63, 3.8) is 0 Å². The van der Waals surface area contributed by atoms with Gasteiger partial charge in [-0.05, 0) is 6.92 Å². The predicted octanol–water partition coefficient (Wildman–Crippen LogP) is 0.831. The average molecular weight is 510 g/mol. The number of alkyl halides is 1. The molecule has 1 aliphatic rings. The molecule has 2 heterocycles. The van der Waals surface area contributed by atoms with Gasteiger partial charge in [-0.2, -0.15) is 0 Å². The first-order valence-electron chi connectivity index (χ1n) is 8.75. The molecule has 156 valence electrons. The van der Waals surface area contributed by atoms with Crippen LogP contribution in [-0.4, -0.2) is 51.3 Å². The third-order valence-corrected chi connectivity index (χ3v) is 4.91. The van der Waals surface area contributed by atoms with E-state index in [4.69, 9.17) is 18.9 Å². The number of nitrogens with zero attached hydrogens (tertiary/aromatic N) is 1. The Labute approximate surface area is 174 Å². The zero-order chi connectivity index (χ0) is 20.8. The standard InChI is InChI=1S/C17H23IN2O8/c1-4-25-13(6-18)11-7-20(17(24)19-16(11)23)15-5-12(27-10(3)22)14(28-15)8-26-9(2)21/h7,12-15H,4-6,8H2,1-3H3,(H,19,23,24)/t12-,13?,14+,15+/m0/s1. The van der Waals surface area contributed by atoms with Crippen molar-refractivity contribution >= 4 is 34.5 Å². The number of aromatic nitrogens is 2. The van der Waals surface area contributed by atoms with Gasteiger partial charge in [0.25, 0.3) is 5.56 Å². The molecule has 1 unspecified atom stereocenters. The molecule has 0 amide bonds. The number of carbonyl (C=O) groups is 2. The average Bonchev–Trinajstić information content (AvgIpc) is 3.00. The van der Waals surface area contributed by atoms with Crippen molar-refractivity contribution in [2.45, 2.75) is 51.7 Å². The lowest BCUT2D eigenvalue weighted by molar-refractivity contribution is -0.155. The molecule has 4 atom stereocenters. The van der Waals surface area contributed by atoms with Gasteiger partial charge in [0.1, 0.15) is 25.0 Å². The summed E-state index contributed by atoms with van der Waals surface area (Å²) in [6, 6.07) is 0. The molecule has 2 rings (SSSR count). The Bertz CT molecular complexity index is 820. The highest BCUT2D eigenvalue weighted by molar-refractivity contribution is 14.1. The van der Waals surface area contributed by atoms with E-state index in [9.17, 15) is 19.2 Å². The molecule has 10 nitrogen and oxygen atoms in total. The van der Waals surface area contributed by atoms with E-state index in [-0.39, 0.29) is 13.0 Å². The molecule has 1 aromatic heterocycles. The van der Waals surface area contributed by atoms with Crippen LogP contribution in [0.3, 0.4) is 0 Å². The maximum absolute atomic E-state index is 12.3. The van der Waals surface area contributed by atoms with Crippen LogP contribution in [0.4, 0.5) is 0 Å². The quantitative estimate of drug-likeness (QED) is 0.310. The van der Waals surface area contributed by atoms with Crippen LogP contribution < -0.4 is 11.2 Å². The minimum Gasteiger partial charge on any atom is -0.463 e. The second kappa shape index (κ2) is 10.2. The number of hydrogen-bond donors (Lipinski definition) is 1. The van der Waals surface area contributed by atoms with Gasteiger partial charge in [0, 0.05) is 37.5 Å². The van der Waals surface area contributed by atoms with Gasteiger partial charge in [0.05, 0.1) is 11.7 Å². The van der Waals surface area contributed by atoms with Crippen molar-refractivity contribution in [1.29, 1.82) is 0 Å². The molecule has 28 heavy (non-hydrogen) atoms. The van der Waals surface area contributed by atoms with Gasteiger partial charge < -0.3 is 18.9 Å². The number of nitrogens with one attached hydrogen (secondary N) is 1. The van der Waals surface area contributed by atoms with E-state index >= 15 is 0 Å². The van der Waals surface area contributed by atoms with Crippen molar-refractivity contribution < 1.29 is 28.5 Å². The first-order valence-corrected chi connectivity index (χ1v) is 10.3. The molecule has 0 radical (unpaired) electrons. The van der Waals surface area contributed by atoms with Gasteiger partial charge in [-0.3, -0.25) is 23.9 Å². The number of ether oxygens (including phenoxy) is 4. The number of aromatic amines is 1. The maximum atomic E-state index is 12.3. The molecule has 1 aliphatic heterocycles. The number of carbonyl (C=O) groups excluding carboxylic acids is 2.